The van der Waals surface area contributed by atoms with E-state index in [4.69, 9.17) is 0 Å². The number of nitrogens with zero attached hydrogens (tertiary/aromatic N) is 1. The van der Waals surface area contributed by atoms with Gasteiger partial charge in [0.25, 0.3) is 0 Å². The van der Waals surface area contributed by atoms with E-state index in [0.29, 0.717) is 6.42 Å². The van der Waals surface area contributed by atoms with Crippen LogP contribution in [0.5, 0.6) is 0 Å². The Morgan fingerprint density at radius 3 is 1.94 bits per heavy atom. The van der Waals surface area contributed by atoms with Gasteiger partial charge in [0, 0.05) is 11.4 Å². The van der Waals surface area contributed by atoms with Gasteiger partial charge in [-0.2, -0.15) is 0 Å². The van der Waals surface area contributed by atoms with Crippen LogP contribution in [0.1, 0.15) is 87.6 Å². The molecule has 0 atom stereocenters. The van der Waals surface area contributed by atoms with Crippen LogP contribution in [-0.2, 0) is 11.2 Å². The minimum atomic E-state index is 0. The second kappa shape index (κ2) is 28.2. The van der Waals surface area contributed by atoms with Crippen molar-refractivity contribution in [1.82, 2.24) is 4.90 Å². The molecule has 1 saturated heterocycles. The van der Waals surface area contributed by atoms with E-state index in [1.165, 1.54) is 18.4 Å². The maximum atomic E-state index is 11.7. The minimum Gasteiger partial charge on any atom is -0.284 e. The van der Waals surface area contributed by atoms with E-state index in [1.54, 1.807) is 23.1 Å². The van der Waals surface area contributed by atoms with Gasteiger partial charge in [-0.1, -0.05) is 130 Å². The van der Waals surface area contributed by atoms with Gasteiger partial charge < -0.3 is 0 Å². The van der Waals surface area contributed by atoms with Gasteiger partial charge in [-0.25, -0.2) is 0 Å². The number of likely N-dealkylation sites (tertiary alicyclic amines) is 1. The number of aryl methyl sites for hydroxylation is 1. The summed E-state index contributed by atoms with van der Waals surface area (Å²) in [6.45, 7) is 27.3. The Hall–Kier alpha value is -2.87. The summed E-state index contributed by atoms with van der Waals surface area (Å²) in [4.78, 5) is 13.4. The van der Waals surface area contributed by atoms with Gasteiger partial charge in [-0.15, -0.1) is 6.58 Å². The van der Waals surface area contributed by atoms with Crippen molar-refractivity contribution in [2.24, 2.45) is 0 Å². The third-order valence-corrected chi connectivity index (χ3v) is 4.08. The topological polar surface area (TPSA) is 20.3 Å². The van der Waals surface area contributed by atoms with Crippen LogP contribution in [0.25, 0.3) is 0 Å². The molecule has 2 nitrogen and oxygen atoms in total. The first-order chi connectivity index (χ1) is 16.1. The monoisotopic (exact) mass is 467 g/mol. The van der Waals surface area contributed by atoms with Crippen molar-refractivity contribution in [2.45, 2.75) is 88.5 Å². The molecule has 0 aliphatic carbocycles. The van der Waals surface area contributed by atoms with Gasteiger partial charge >= 0.3 is 0 Å². The summed E-state index contributed by atoms with van der Waals surface area (Å²) in [5.74, 6) is 0.0871. The van der Waals surface area contributed by atoms with E-state index < -0.39 is 0 Å². The van der Waals surface area contributed by atoms with Crippen molar-refractivity contribution >= 4 is 5.91 Å². The Kier molecular flexibility index (Phi) is 31.8. The van der Waals surface area contributed by atoms with E-state index in [9.17, 15) is 4.79 Å². The number of amides is 1. The third kappa shape index (κ3) is 15.1. The van der Waals surface area contributed by atoms with Crippen LogP contribution >= 0.6 is 0 Å². The molecule has 1 heterocycles. The lowest BCUT2D eigenvalue weighted by Gasteiger charge is -2.36. The average molecular weight is 468 g/mol. The highest BCUT2D eigenvalue weighted by Gasteiger charge is 2.33. The molecule has 1 aliphatic rings. The molecule has 0 N–H and O–H groups in total. The Morgan fingerprint density at radius 2 is 1.56 bits per heavy atom. The summed E-state index contributed by atoms with van der Waals surface area (Å²) in [6.07, 6.45) is 14.6. The van der Waals surface area contributed by atoms with E-state index >= 15 is 0 Å². The maximum absolute atomic E-state index is 11.7. The van der Waals surface area contributed by atoms with Crippen molar-refractivity contribution in [3.05, 3.63) is 109 Å². The molecular formula is C32H53NO. The van der Waals surface area contributed by atoms with Gasteiger partial charge in [0.15, 0.2) is 0 Å². The highest BCUT2D eigenvalue weighted by molar-refractivity contribution is 5.91. The number of hydrogen-bond acceptors (Lipinski definition) is 1. The van der Waals surface area contributed by atoms with E-state index in [2.05, 4.69) is 57.0 Å². The molecule has 0 unspecified atom stereocenters. The Bertz CT molecular complexity index is 736. The fourth-order valence-corrected chi connectivity index (χ4v) is 2.84. The van der Waals surface area contributed by atoms with Gasteiger partial charge in [0.1, 0.15) is 0 Å². The van der Waals surface area contributed by atoms with Crippen molar-refractivity contribution in [3.63, 3.8) is 0 Å². The summed E-state index contributed by atoms with van der Waals surface area (Å²) in [5, 5.41) is 0. The van der Waals surface area contributed by atoms with Gasteiger partial charge in [-0.3, -0.25) is 9.69 Å². The first kappa shape index (κ1) is 38.4. The molecule has 34 heavy (non-hydrogen) atoms. The van der Waals surface area contributed by atoms with E-state index in [0.717, 1.165) is 23.4 Å². The molecule has 192 valence electrons. The van der Waals surface area contributed by atoms with Gasteiger partial charge in [0.2, 0.25) is 5.91 Å². The number of rotatable bonds is 8. The second-order valence-corrected chi connectivity index (χ2v) is 6.14. The molecule has 2 rings (SSSR count). The van der Waals surface area contributed by atoms with Crippen LogP contribution in [0.15, 0.2) is 103 Å². The molecule has 0 bridgehead atoms. The summed E-state index contributed by atoms with van der Waals surface area (Å²) in [5.41, 5.74) is 4.34. The predicted octanol–water partition coefficient (Wildman–Crippen LogP) is 10.2. The molecule has 1 aliphatic heterocycles. The first-order valence-corrected chi connectivity index (χ1v) is 12.4. The number of hydrogen-bond donors (Lipinski definition) is 0. The lowest BCUT2D eigenvalue weighted by molar-refractivity contribution is -0.132. The largest absolute Gasteiger partial charge is 0.284 e. The Balaban J connectivity index is -0.000000237. The summed E-state index contributed by atoms with van der Waals surface area (Å²) in [7, 11) is 0. The Morgan fingerprint density at radius 1 is 1.00 bits per heavy atom. The summed E-state index contributed by atoms with van der Waals surface area (Å²) < 4.78 is 0. The molecule has 0 spiro atoms. The molecule has 2 heteroatoms. The second-order valence-electron chi connectivity index (χ2n) is 6.14. The molecule has 1 aromatic carbocycles. The number of benzene rings is 1. The molecular weight excluding hydrogens is 414 g/mol. The summed E-state index contributed by atoms with van der Waals surface area (Å²) >= 11 is 0. The smallest absolute Gasteiger partial charge is 0.237 e. The Labute approximate surface area is 213 Å². The van der Waals surface area contributed by atoms with Crippen molar-refractivity contribution in [2.75, 3.05) is 0 Å². The number of allylic oxidation sites excluding steroid dienone is 7. The standard InChI is InChI=1S/C16H19NO.C9H12.3C2H6.CH4/c1-5-9-13(10-6-2)15-12-16(18)17(15)14(8-4)11-7-3;1-2-6-9-7-4-3-5-8-9;3*1-2;/h5-8,10-11H,1,3-4,9,12H2,2H3;3-5,7-8H,2,6H2,1H3;3*1-2H3;1H4/b10-6-,14-11+,15-13+;;;;;. The van der Waals surface area contributed by atoms with E-state index in [1.807, 2.05) is 66.7 Å². The van der Waals surface area contributed by atoms with Crippen LogP contribution in [-0.4, -0.2) is 10.8 Å². The normalized spacial score (nSPS) is 12.9. The predicted molar refractivity (Wildman–Crippen MR) is 158 cm³/mol. The zero-order valence-electron chi connectivity index (χ0n) is 22.7. The lowest BCUT2D eigenvalue weighted by atomic mass is 9.98. The lowest BCUT2D eigenvalue weighted by Crippen LogP contribution is -2.40. The number of carbonyl (C=O) groups excluding carboxylic acids is 1. The van der Waals surface area contributed by atoms with Crippen LogP contribution in [0.3, 0.4) is 0 Å². The summed E-state index contributed by atoms with van der Waals surface area (Å²) in [6, 6.07) is 10.6. The van der Waals surface area contributed by atoms with Crippen LogP contribution in [0, 0.1) is 0 Å². The fourth-order valence-electron chi connectivity index (χ4n) is 2.84. The number of carbonyl (C=O) groups is 1. The minimum absolute atomic E-state index is 0. The molecule has 0 saturated carbocycles. The van der Waals surface area contributed by atoms with Crippen molar-refractivity contribution in [1.29, 1.82) is 0 Å². The van der Waals surface area contributed by atoms with Crippen LogP contribution in [0.2, 0.25) is 0 Å². The number of β-lactam (4-membered cyclic amide) rings is 1. The molecule has 0 aromatic heterocycles. The highest BCUT2D eigenvalue weighted by Crippen LogP contribution is 2.33. The average Bonchev–Trinajstić information content (AvgIpc) is 2.87. The highest BCUT2D eigenvalue weighted by atomic mass is 16.2. The first-order valence-electron chi connectivity index (χ1n) is 12.4. The fraction of sp³-hybridized carbons (Fsp3) is 0.406. The van der Waals surface area contributed by atoms with Crippen molar-refractivity contribution in [3.8, 4) is 0 Å². The van der Waals surface area contributed by atoms with Crippen LogP contribution < -0.4 is 0 Å². The van der Waals surface area contributed by atoms with Crippen molar-refractivity contribution < 1.29 is 4.79 Å². The zero-order chi connectivity index (χ0) is 26.1. The molecule has 1 amide bonds. The van der Waals surface area contributed by atoms with Gasteiger partial charge in [0.05, 0.1) is 6.42 Å². The van der Waals surface area contributed by atoms with Gasteiger partial charge in [-0.05, 0) is 43.1 Å². The van der Waals surface area contributed by atoms with E-state index in [-0.39, 0.29) is 13.3 Å². The maximum Gasteiger partial charge on any atom is 0.237 e. The van der Waals surface area contributed by atoms with Crippen LogP contribution in [0.4, 0.5) is 0 Å². The molecule has 1 aromatic rings. The molecule has 1 fully saturated rings. The molecule has 0 radical (unpaired) electrons. The quantitative estimate of drug-likeness (QED) is 0.211. The zero-order valence-corrected chi connectivity index (χ0v) is 22.7. The SMILES string of the molecule is C.C=C/C=C(\C=C)N1C(=O)C/C1=C(\C=C/C)CC=C.CC.CC.CC.CCCc1ccccc1. The third-order valence-electron chi connectivity index (χ3n) is 4.08.